The number of phenols is 1. The molecule has 0 aliphatic carbocycles. The van der Waals surface area contributed by atoms with E-state index in [9.17, 15) is 9.90 Å². The number of likely N-dealkylation sites (tertiary alicyclic amines) is 1. The van der Waals surface area contributed by atoms with Gasteiger partial charge in [-0.1, -0.05) is 6.92 Å². The van der Waals surface area contributed by atoms with Crippen molar-refractivity contribution in [2.75, 3.05) is 25.0 Å². The van der Waals surface area contributed by atoms with Crippen molar-refractivity contribution >= 4 is 5.95 Å². The summed E-state index contributed by atoms with van der Waals surface area (Å²) in [6.45, 7) is 5.14. The number of benzene rings is 1. The number of hydrogen-bond donors (Lipinski definition) is 2. The Bertz CT molecular complexity index is 902. The minimum absolute atomic E-state index is 0.0545. The van der Waals surface area contributed by atoms with E-state index in [1.54, 1.807) is 7.05 Å². The van der Waals surface area contributed by atoms with Crippen LogP contribution in [-0.4, -0.2) is 50.4 Å². The number of nitrogens with one attached hydrogen (secondary N) is 1. The van der Waals surface area contributed by atoms with Gasteiger partial charge in [0.05, 0.1) is 11.6 Å². The smallest absolute Gasteiger partial charge is 0.281 e. The van der Waals surface area contributed by atoms with Crippen molar-refractivity contribution in [3.63, 3.8) is 0 Å². The molecule has 1 saturated heterocycles. The Balaban J connectivity index is 1.87. The van der Waals surface area contributed by atoms with Crippen LogP contribution in [0, 0.1) is 11.3 Å². The van der Waals surface area contributed by atoms with E-state index in [1.807, 2.05) is 6.07 Å². The van der Waals surface area contributed by atoms with Gasteiger partial charge in [0.1, 0.15) is 5.75 Å². The van der Waals surface area contributed by atoms with E-state index in [2.05, 4.69) is 27.3 Å². The first-order valence-electron chi connectivity index (χ1n) is 8.69. The van der Waals surface area contributed by atoms with E-state index in [4.69, 9.17) is 5.26 Å². The number of hydrogen-bond acceptors (Lipinski definition) is 7. The summed E-state index contributed by atoms with van der Waals surface area (Å²) < 4.78 is 1.41. The maximum atomic E-state index is 12.7. The van der Waals surface area contributed by atoms with Crippen molar-refractivity contribution in [3.05, 3.63) is 34.1 Å². The van der Waals surface area contributed by atoms with Crippen LogP contribution in [0.25, 0.3) is 11.3 Å². The van der Waals surface area contributed by atoms with Gasteiger partial charge >= 0.3 is 0 Å². The fraction of sp³-hybridized carbons (Fsp3) is 0.444. The lowest BCUT2D eigenvalue weighted by atomic mass is 10.1. The molecule has 0 amide bonds. The molecule has 1 aromatic heterocycles. The first-order valence-corrected chi connectivity index (χ1v) is 8.69. The average molecular weight is 354 g/mol. The van der Waals surface area contributed by atoms with E-state index >= 15 is 0 Å². The van der Waals surface area contributed by atoms with E-state index in [-0.39, 0.29) is 28.6 Å². The third kappa shape index (κ3) is 3.53. The summed E-state index contributed by atoms with van der Waals surface area (Å²) in [5.41, 5.74) is 0.273. The largest absolute Gasteiger partial charge is 0.507 e. The molecule has 136 valence electrons. The van der Waals surface area contributed by atoms with Crippen LogP contribution in [0.15, 0.2) is 23.0 Å². The zero-order valence-electron chi connectivity index (χ0n) is 14.9. The highest BCUT2D eigenvalue weighted by Crippen LogP contribution is 2.26. The lowest BCUT2D eigenvalue weighted by molar-refractivity contribution is 0.226. The minimum Gasteiger partial charge on any atom is -0.507 e. The quantitative estimate of drug-likeness (QED) is 0.852. The van der Waals surface area contributed by atoms with Gasteiger partial charge in [0.25, 0.3) is 5.56 Å². The fourth-order valence-electron chi connectivity index (χ4n) is 3.20. The van der Waals surface area contributed by atoms with Crippen molar-refractivity contribution in [2.24, 2.45) is 7.05 Å². The van der Waals surface area contributed by atoms with Crippen molar-refractivity contribution in [2.45, 2.75) is 25.8 Å². The SMILES string of the molecule is CCN1CCC[C@@H](Nc2nnc(-c3ccc(C#N)cc3O)c(=O)n2C)C1. The molecule has 8 heteroatoms. The second kappa shape index (κ2) is 7.54. The van der Waals surface area contributed by atoms with Crippen molar-refractivity contribution in [1.29, 1.82) is 5.26 Å². The Kier molecular flexibility index (Phi) is 5.19. The number of rotatable bonds is 4. The first-order chi connectivity index (χ1) is 12.5. The lowest BCUT2D eigenvalue weighted by Crippen LogP contribution is -2.43. The molecule has 3 rings (SSSR count). The van der Waals surface area contributed by atoms with E-state index in [1.165, 1.54) is 22.8 Å². The standard InChI is InChI=1S/C18H22N6O2/c1-3-24-8-4-5-13(11-24)20-18-22-21-16(17(26)23(18)2)14-7-6-12(10-19)9-15(14)25/h6-7,9,13,25H,3-5,8,11H2,1-2H3,(H,20,22)/t13-/m1/s1. The second-order valence-electron chi connectivity index (χ2n) is 6.46. The van der Waals surface area contributed by atoms with Crippen molar-refractivity contribution in [1.82, 2.24) is 19.7 Å². The maximum Gasteiger partial charge on any atom is 0.281 e. The molecular weight excluding hydrogens is 332 g/mol. The predicted molar refractivity (Wildman–Crippen MR) is 97.8 cm³/mol. The number of piperidine rings is 1. The fourth-order valence-corrected chi connectivity index (χ4v) is 3.20. The van der Waals surface area contributed by atoms with Gasteiger partial charge in [-0.25, -0.2) is 0 Å². The molecule has 2 aromatic rings. The van der Waals surface area contributed by atoms with Crippen LogP contribution in [0.4, 0.5) is 5.95 Å². The third-order valence-corrected chi connectivity index (χ3v) is 4.74. The third-order valence-electron chi connectivity index (χ3n) is 4.74. The number of likely N-dealkylation sites (N-methyl/N-ethyl adjacent to an activating group) is 1. The maximum absolute atomic E-state index is 12.7. The highest BCUT2D eigenvalue weighted by Gasteiger charge is 2.21. The number of nitrogens with zero attached hydrogens (tertiary/aromatic N) is 5. The van der Waals surface area contributed by atoms with Crippen LogP contribution >= 0.6 is 0 Å². The Morgan fingerprint density at radius 2 is 2.23 bits per heavy atom. The highest BCUT2D eigenvalue weighted by molar-refractivity contribution is 5.67. The van der Waals surface area contributed by atoms with Crippen LogP contribution in [0.5, 0.6) is 5.75 Å². The van der Waals surface area contributed by atoms with Crippen LogP contribution in [-0.2, 0) is 7.05 Å². The Morgan fingerprint density at radius 3 is 2.92 bits per heavy atom. The van der Waals surface area contributed by atoms with Gasteiger partial charge in [-0.3, -0.25) is 9.36 Å². The second-order valence-corrected chi connectivity index (χ2v) is 6.46. The summed E-state index contributed by atoms with van der Waals surface area (Å²) in [6, 6.07) is 6.51. The number of aromatic nitrogens is 3. The zero-order valence-corrected chi connectivity index (χ0v) is 14.9. The van der Waals surface area contributed by atoms with Crippen LogP contribution in [0.2, 0.25) is 0 Å². The number of anilines is 1. The van der Waals surface area contributed by atoms with Crippen LogP contribution < -0.4 is 10.9 Å². The van der Waals surface area contributed by atoms with Gasteiger partial charge in [-0.15, -0.1) is 10.2 Å². The van der Waals surface area contributed by atoms with E-state index in [0.717, 1.165) is 32.5 Å². The lowest BCUT2D eigenvalue weighted by Gasteiger charge is -2.32. The molecule has 0 spiro atoms. The zero-order chi connectivity index (χ0) is 18.7. The number of phenolic OH excluding ortho intramolecular Hbond substituents is 1. The normalized spacial score (nSPS) is 17.7. The molecule has 2 heterocycles. The van der Waals surface area contributed by atoms with Gasteiger partial charge in [-0.2, -0.15) is 5.26 Å². The summed E-state index contributed by atoms with van der Waals surface area (Å²) in [4.78, 5) is 15.0. The van der Waals surface area contributed by atoms with Gasteiger partial charge in [0, 0.05) is 25.2 Å². The molecule has 1 atom stereocenters. The summed E-state index contributed by atoms with van der Waals surface area (Å²) in [5.74, 6) is 0.247. The molecule has 0 radical (unpaired) electrons. The molecule has 1 fully saturated rings. The van der Waals surface area contributed by atoms with E-state index < -0.39 is 0 Å². The molecule has 8 nitrogen and oxygen atoms in total. The molecule has 0 bridgehead atoms. The minimum atomic E-state index is -0.356. The molecule has 0 unspecified atom stereocenters. The molecule has 1 aliphatic heterocycles. The number of nitriles is 1. The van der Waals surface area contributed by atoms with Crippen molar-refractivity contribution in [3.8, 4) is 23.1 Å². The molecule has 0 saturated carbocycles. The van der Waals surface area contributed by atoms with Crippen LogP contribution in [0.1, 0.15) is 25.3 Å². The molecule has 1 aliphatic rings. The number of aromatic hydroxyl groups is 1. The Hall–Kier alpha value is -2.92. The van der Waals surface area contributed by atoms with Crippen LogP contribution in [0.3, 0.4) is 0 Å². The topological polar surface area (TPSA) is 107 Å². The van der Waals surface area contributed by atoms with Gasteiger partial charge in [0.2, 0.25) is 5.95 Å². The van der Waals surface area contributed by atoms with Crippen molar-refractivity contribution < 1.29 is 5.11 Å². The van der Waals surface area contributed by atoms with Gasteiger partial charge in [-0.05, 0) is 44.1 Å². The molecule has 26 heavy (non-hydrogen) atoms. The van der Waals surface area contributed by atoms with Gasteiger partial charge < -0.3 is 15.3 Å². The monoisotopic (exact) mass is 354 g/mol. The average Bonchev–Trinajstić information content (AvgIpc) is 2.66. The summed E-state index contributed by atoms with van der Waals surface area (Å²) in [6.07, 6.45) is 2.12. The first kappa shape index (κ1) is 17.9. The van der Waals surface area contributed by atoms with E-state index in [0.29, 0.717) is 11.5 Å². The molecule has 1 aromatic carbocycles. The summed E-state index contributed by atoms with van der Waals surface area (Å²) in [7, 11) is 1.63. The summed E-state index contributed by atoms with van der Waals surface area (Å²) >= 11 is 0. The Morgan fingerprint density at radius 1 is 1.42 bits per heavy atom. The summed E-state index contributed by atoms with van der Waals surface area (Å²) in [5, 5.41) is 30.5. The predicted octanol–water partition coefficient (Wildman–Crippen LogP) is 1.32. The highest BCUT2D eigenvalue weighted by atomic mass is 16.3. The van der Waals surface area contributed by atoms with Gasteiger partial charge in [0.15, 0.2) is 5.69 Å². The molecule has 2 N–H and O–H groups in total. The Labute approximate surface area is 151 Å². The molecular formula is C18H22N6O2.